The molecule has 0 saturated carbocycles. The smallest absolute Gasteiger partial charge is 0.226 e. The summed E-state index contributed by atoms with van der Waals surface area (Å²) in [6.07, 6.45) is 5.65. The van der Waals surface area contributed by atoms with Crippen LogP contribution in [-0.4, -0.2) is 44.1 Å². The zero-order chi connectivity index (χ0) is 28.4. The highest BCUT2D eigenvalue weighted by Gasteiger charge is 2.26. The number of amides is 1. The summed E-state index contributed by atoms with van der Waals surface area (Å²) in [4.78, 5) is 19.4. The number of aromatic nitrogens is 2. The van der Waals surface area contributed by atoms with Gasteiger partial charge >= 0.3 is 0 Å². The third kappa shape index (κ3) is 9.24. The molecule has 0 radical (unpaired) electrons. The average molecular weight is 586 g/mol. The van der Waals surface area contributed by atoms with Gasteiger partial charge in [0.25, 0.3) is 0 Å². The van der Waals surface area contributed by atoms with Gasteiger partial charge in [0.05, 0.1) is 40.0 Å². The lowest BCUT2D eigenvalue weighted by molar-refractivity contribution is -0.122. The van der Waals surface area contributed by atoms with E-state index in [1.54, 1.807) is 30.7 Å². The number of carbonyl (C=O) groups is 1. The zero-order valence-corrected chi connectivity index (χ0v) is 24.8. The largest absolute Gasteiger partial charge is 0.363 e. The fraction of sp³-hybridized carbons (Fsp3) is 0.379. The van der Waals surface area contributed by atoms with Crippen LogP contribution in [0.15, 0.2) is 55.0 Å². The van der Waals surface area contributed by atoms with Gasteiger partial charge in [0, 0.05) is 38.1 Å². The van der Waals surface area contributed by atoms with E-state index in [0.29, 0.717) is 40.4 Å². The molecule has 0 saturated heterocycles. The van der Waals surface area contributed by atoms with Gasteiger partial charge in [-0.3, -0.25) is 4.79 Å². The van der Waals surface area contributed by atoms with Gasteiger partial charge in [-0.1, -0.05) is 60.8 Å². The molecule has 7 nitrogen and oxygen atoms in total. The fourth-order valence-electron chi connectivity index (χ4n) is 4.18. The molecule has 0 aliphatic carbocycles. The van der Waals surface area contributed by atoms with E-state index in [1.807, 2.05) is 47.6 Å². The van der Waals surface area contributed by atoms with Crippen LogP contribution in [0.4, 0.5) is 0 Å². The Balaban J connectivity index is 1.67. The van der Waals surface area contributed by atoms with Crippen molar-refractivity contribution in [3.05, 3.63) is 87.4 Å². The molecular weight excluding hydrogens is 551 g/mol. The molecule has 3 rings (SSSR count). The number of nitrogens with one attached hydrogen (secondary N) is 2. The molecule has 0 unspecified atom stereocenters. The van der Waals surface area contributed by atoms with E-state index in [4.69, 9.17) is 40.7 Å². The van der Waals surface area contributed by atoms with E-state index in [-0.39, 0.29) is 12.3 Å². The molecule has 2 aromatic carbocycles. The first kappa shape index (κ1) is 30.4. The van der Waals surface area contributed by atoms with Gasteiger partial charge in [0.15, 0.2) is 5.11 Å². The van der Waals surface area contributed by atoms with E-state index in [2.05, 4.69) is 28.6 Å². The zero-order valence-electron chi connectivity index (χ0n) is 22.5. The maximum atomic E-state index is 13.1. The van der Waals surface area contributed by atoms with Crippen LogP contribution in [0.2, 0.25) is 10.0 Å². The first-order chi connectivity index (χ1) is 18.6. The average Bonchev–Trinajstić information content (AvgIpc) is 3.32. The molecule has 0 fully saturated rings. The Morgan fingerprint density at radius 3 is 2.64 bits per heavy atom. The third-order valence-electron chi connectivity index (χ3n) is 6.13. The van der Waals surface area contributed by atoms with Gasteiger partial charge in [-0.15, -0.1) is 0 Å². The lowest BCUT2D eigenvalue weighted by atomic mass is 10.0. The Morgan fingerprint density at radius 1 is 1.21 bits per heavy atom. The molecular formula is C29H34Cl2N6OS. The minimum absolute atomic E-state index is 0.118. The first-order valence-corrected chi connectivity index (χ1v) is 14.0. The molecule has 1 aromatic heterocycles. The molecule has 39 heavy (non-hydrogen) atoms. The Kier molecular flexibility index (Phi) is 11.2. The van der Waals surface area contributed by atoms with Crippen molar-refractivity contribution in [2.75, 3.05) is 13.1 Å². The maximum Gasteiger partial charge on any atom is 0.226 e. The van der Waals surface area contributed by atoms with Crippen molar-refractivity contribution in [2.24, 2.45) is 0 Å². The summed E-state index contributed by atoms with van der Waals surface area (Å²) in [7, 11) is 0. The van der Waals surface area contributed by atoms with Crippen molar-refractivity contribution in [1.82, 2.24) is 25.1 Å². The van der Waals surface area contributed by atoms with E-state index in [1.165, 1.54) is 0 Å². The van der Waals surface area contributed by atoms with Crippen LogP contribution >= 0.6 is 35.4 Å². The van der Waals surface area contributed by atoms with Gasteiger partial charge in [0.2, 0.25) is 5.91 Å². The number of carbonyl (C=O) groups excluding carboxylic acids is 1. The van der Waals surface area contributed by atoms with E-state index < -0.39 is 5.54 Å². The molecule has 0 atom stereocenters. The number of hydrogen-bond acceptors (Lipinski definition) is 4. The number of nitriles is 1. The Bertz CT molecular complexity index is 1320. The monoisotopic (exact) mass is 584 g/mol. The Morgan fingerprint density at radius 2 is 1.95 bits per heavy atom. The number of hydrogen-bond donors (Lipinski definition) is 2. The SMILES string of the molecule is CCCCNC(=S)N(Cc1cccc(Cl)c1Cl)CC(C)(C)NC(=O)Cc1cncn1Cc1ccc(C#N)cc1. The van der Waals surface area contributed by atoms with Crippen LogP contribution in [0, 0.1) is 11.3 Å². The summed E-state index contributed by atoms with van der Waals surface area (Å²) < 4.78 is 1.94. The number of rotatable bonds is 12. The van der Waals surface area contributed by atoms with Gasteiger partial charge in [-0.05, 0) is 61.8 Å². The number of unbranched alkanes of at least 4 members (excludes halogenated alkanes) is 1. The van der Waals surface area contributed by atoms with Gasteiger partial charge in [-0.2, -0.15) is 5.26 Å². The van der Waals surface area contributed by atoms with E-state index in [9.17, 15) is 4.79 Å². The van der Waals surface area contributed by atoms with Crippen molar-refractivity contribution in [2.45, 2.75) is 58.7 Å². The summed E-state index contributed by atoms with van der Waals surface area (Å²) >= 11 is 18.5. The van der Waals surface area contributed by atoms with Crippen LogP contribution in [0.25, 0.3) is 0 Å². The molecule has 1 heterocycles. The van der Waals surface area contributed by atoms with Gasteiger partial charge in [-0.25, -0.2) is 4.98 Å². The van der Waals surface area contributed by atoms with Crippen LogP contribution in [0.5, 0.6) is 0 Å². The van der Waals surface area contributed by atoms with E-state index in [0.717, 1.165) is 36.2 Å². The number of benzene rings is 2. The molecule has 3 aromatic rings. The highest BCUT2D eigenvalue weighted by Crippen LogP contribution is 2.27. The van der Waals surface area contributed by atoms with Gasteiger partial charge < -0.3 is 20.1 Å². The van der Waals surface area contributed by atoms with Crippen LogP contribution in [0.3, 0.4) is 0 Å². The summed E-state index contributed by atoms with van der Waals surface area (Å²) in [6.45, 7) is 8.32. The normalized spacial score (nSPS) is 11.1. The molecule has 0 spiro atoms. The standard InChI is InChI=1S/C29H34Cl2N6OS/c1-4-5-13-34-28(39)36(18-23-7-6-8-25(30)27(23)31)19-29(2,3)35-26(38)14-24-16-33-20-37(24)17-22-11-9-21(15-32)10-12-22/h6-12,16,20H,4-5,13-14,17-19H2,1-3H3,(H,34,39)(H,35,38). The van der Waals surface area contributed by atoms with Crippen molar-refractivity contribution in [3.63, 3.8) is 0 Å². The van der Waals surface area contributed by atoms with E-state index >= 15 is 0 Å². The second kappa shape index (κ2) is 14.3. The summed E-state index contributed by atoms with van der Waals surface area (Å²) in [6, 6.07) is 15.0. The number of nitrogens with zero attached hydrogens (tertiary/aromatic N) is 4. The molecule has 206 valence electrons. The summed E-state index contributed by atoms with van der Waals surface area (Å²) in [5.41, 5.74) is 2.69. The van der Waals surface area contributed by atoms with Crippen molar-refractivity contribution < 1.29 is 4.79 Å². The minimum Gasteiger partial charge on any atom is -0.363 e. The molecule has 0 bridgehead atoms. The van der Waals surface area contributed by atoms with Crippen LogP contribution < -0.4 is 10.6 Å². The number of imidazole rings is 1. The highest BCUT2D eigenvalue weighted by molar-refractivity contribution is 7.80. The fourth-order valence-corrected chi connectivity index (χ4v) is 4.79. The molecule has 2 N–H and O–H groups in total. The predicted octanol–water partition coefficient (Wildman–Crippen LogP) is 5.72. The molecule has 0 aliphatic rings. The van der Waals surface area contributed by atoms with Crippen molar-refractivity contribution in [3.8, 4) is 6.07 Å². The lowest BCUT2D eigenvalue weighted by Gasteiger charge is -2.35. The molecule has 10 heteroatoms. The number of halogens is 2. The quantitative estimate of drug-likeness (QED) is 0.209. The lowest BCUT2D eigenvalue weighted by Crippen LogP contribution is -2.54. The maximum absolute atomic E-state index is 13.1. The van der Waals surface area contributed by atoms with Crippen LogP contribution in [0.1, 0.15) is 56.0 Å². The van der Waals surface area contributed by atoms with Gasteiger partial charge in [0.1, 0.15) is 0 Å². The van der Waals surface area contributed by atoms with Crippen LogP contribution in [-0.2, 0) is 24.3 Å². The Labute approximate surface area is 246 Å². The highest BCUT2D eigenvalue weighted by atomic mass is 35.5. The van der Waals surface area contributed by atoms with Crippen molar-refractivity contribution >= 4 is 46.4 Å². The Hall–Kier alpha value is -3.12. The first-order valence-electron chi connectivity index (χ1n) is 12.9. The summed E-state index contributed by atoms with van der Waals surface area (Å²) in [5.74, 6) is -0.118. The molecule has 0 aliphatic heterocycles. The number of thiocarbonyl (C=S) groups is 1. The predicted molar refractivity (Wildman–Crippen MR) is 161 cm³/mol. The topological polar surface area (TPSA) is 86.0 Å². The third-order valence-corrected chi connectivity index (χ3v) is 7.39. The second-order valence-corrected chi connectivity index (χ2v) is 11.3. The second-order valence-electron chi connectivity index (χ2n) is 10.1. The molecule has 1 amide bonds. The summed E-state index contributed by atoms with van der Waals surface area (Å²) in [5, 5.41) is 17.1. The van der Waals surface area contributed by atoms with Crippen molar-refractivity contribution in [1.29, 1.82) is 5.26 Å². The minimum atomic E-state index is -0.601.